The lowest BCUT2D eigenvalue weighted by Crippen LogP contribution is -2.34. The van der Waals surface area contributed by atoms with Crippen LogP contribution in [0.3, 0.4) is 0 Å². The molecule has 2 aromatic rings. The van der Waals surface area contributed by atoms with Gasteiger partial charge in [-0.1, -0.05) is 0 Å². The molecule has 5 nitrogen and oxygen atoms in total. The van der Waals surface area contributed by atoms with Crippen LogP contribution in [0.1, 0.15) is 29.1 Å². The minimum Gasteiger partial charge on any atom is -0.384 e. The third-order valence-corrected chi connectivity index (χ3v) is 4.43. The van der Waals surface area contributed by atoms with Crippen molar-refractivity contribution in [3.05, 3.63) is 34.0 Å². The predicted octanol–water partition coefficient (Wildman–Crippen LogP) is 2.11. The molecule has 1 aliphatic rings. The van der Waals surface area contributed by atoms with Crippen LogP contribution in [0.25, 0.3) is 0 Å². The SMILES string of the molecule is CCn1cc2c(n1)[C@@H](COC)CN(Cc1nccs1)C2. The van der Waals surface area contributed by atoms with Gasteiger partial charge < -0.3 is 4.74 Å². The fourth-order valence-corrected chi connectivity index (χ4v) is 3.44. The average molecular weight is 292 g/mol. The maximum atomic E-state index is 5.38. The van der Waals surface area contributed by atoms with Crippen LogP contribution in [0.4, 0.5) is 0 Å². The van der Waals surface area contributed by atoms with Crippen LogP contribution in [-0.4, -0.2) is 39.9 Å². The Labute approximate surface area is 123 Å². The Morgan fingerprint density at radius 2 is 2.40 bits per heavy atom. The Balaban J connectivity index is 1.80. The van der Waals surface area contributed by atoms with Crippen molar-refractivity contribution in [1.29, 1.82) is 0 Å². The minimum absolute atomic E-state index is 0.358. The largest absolute Gasteiger partial charge is 0.384 e. The fourth-order valence-electron chi connectivity index (χ4n) is 2.78. The van der Waals surface area contributed by atoms with E-state index in [-0.39, 0.29) is 0 Å². The van der Waals surface area contributed by atoms with Gasteiger partial charge in [0.25, 0.3) is 0 Å². The van der Waals surface area contributed by atoms with Gasteiger partial charge in [-0.2, -0.15) is 5.10 Å². The summed E-state index contributed by atoms with van der Waals surface area (Å²) in [7, 11) is 1.76. The van der Waals surface area contributed by atoms with Crippen molar-refractivity contribution in [1.82, 2.24) is 19.7 Å². The molecule has 20 heavy (non-hydrogen) atoms. The van der Waals surface area contributed by atoms with Gasteiger partial charge in [0.1, 0.15) is 5.01 Å². The van der Waals surface area contributed by atoms with Crippen molar-refractivity contribution >= 4 is 11.3 Å². The van der Waals surface area contributed by atoms with Crippen molar-refractivity contribution in [2.75, 3.05) is 20.3 Å². The summed E-state index contributed by atoms with van der Waals surface area (Å²) in [5.41, 5.74) is 2.54. The van der Waals surface area contributed by atoms with E-state index in [9.17, 15) is 0 Å². The first-order chi connectivity index (χ1) is 9.80. The van der Waals surface area contributed by atoms with Crippen molar-refractivity contribution in [3.8, 4) is 0 Å². The quantitative estimate of drug-likeness (QED) is 0.846. The van der Waals surface area contributed by atoms with Crippen molar-refractivity contribution in [2.45, 2.75) is 32.5 Å². The lowest BCUT2D eigenvalue weighted by Gasteiger charge is -2.30. The molecule has 3 rings (SSSR count). The standard InChI is InChI=1S/C14H20N4OS/c1-3-18-8-11-6-17(9-13-15-4-5-20-13)7-12(10-19-2)14(11)16-18/h4-5,8,12H,3,6-7,9-10H2,1-2H3/t12-/m1/s1. The second-order valence-corrected chi connectivity index (χ2v) is 6.12. The molecule has 1 aliphatic heterocycles. The number of aryl methyl sites for hydroxylation is 1. The monoisotopic (exact) mass is 292 g/mol. The Morgan fingerprint density at radius 1 is 1.50 bits per heavy atom. The Kier molecular flexibility index (Phi) is 4.14. The second kappa shape index (κ2) is 6.03. The maximum absolute atomic E-state index is 5.38. The number of rotatable bonds is 5. The van der Waals surface area contributed by atoms with Gasteiger partial charge in [0.15, 0.2) is 0 Å². The van der Waals surface area contributed by atoms with E-state index >= 15 is 0 Å². The van der Waals surface area contributed by atoms with E-state index in [1.807, 2.05) is 16.3 Å². The van der Waals surface area contributed by atoms with Crippen LogP contribution in [-0.2, 0) is 24.4 Å². The molecule has 0 saturated carbocycles. The molecule has 3 heterocycles. The highest BCUT2D eigenvalue weighted by atomic mass is 32.1. The molecule has 6 heteroatoms. The predicted molar refractivity (Wildman–Crippen MR) is 78.7 cm³/mol. The molecular weight excluding hydrogens is 272 g/mol. The number of ether oxygens (including phenoxy) is 1. The van der Waals surface area contributed by atoms with E-state index in [2.05, 4.69) is 23.0 Å². The van der Waals surface area contributed by atoms with E-state index in [4.69, 9.17) is 9.84 Å². The fraction of sp³-hybridized carbons (Fsp3) is 0.571. The molecule has 0 N–H and O–H groups in total. The van der Waals surface area contributed by atoms with Crippen LogP contribution >= 0.6 is 11.3 Å². The summed E-state index contributed by atoms with van der Waals surface area (Å²) >= 11 is 1.72. The molecule has 0 fully saturated rings. The first kappa shape index (κ1) is 13.7. The van der Waals surface area contributed by atoms with Gasteiger partial charge in [-0.05, 0) is 6.92 Å². The minimum atomic E-state index is 0.358. The molecular formula is C14H20N4OS. The number of thiazole rings is 1. The van der Waals surface area contributed by atoms with Gasteiger partial charge in [0, 0.05) is 56.0 Å². The zero-order chi connectivity index (χ0) is 13.9. The summed E-state index contributed by atoms with van der Waals surface area (Å²) in [5.74, 6) is 0.358. The summed E-state index contributed by atoms with van der Waals surface area (Å²) in [5, 5.41) is 7.91. The Hall–Kier alpha value is -1.24. The zero-order valence-electron chi connectivity index (χ0n) is 12.0. The summed E-state index contributed by atoms with van der Waals surface area (Å²) < 4.78 is 7.40. The summed E-state index contributed by atoms with van der Waals surface area (Å²) in [6, 6.07) is 0. The highest BCUT2D eigenvalue weighted by Gasteiger charge is 2.28. The van der Waals surface area contributed by atoms with Crippen LogP contribution in [0, 0.1) is 0 Å². The van der Waals surface area contributed by atoms with Crippen LogP contribution in [0.15, 0.2) is 17.8 Å². The van der Waals surface area contributed by atoms with Gasteiger partial charge in [-0.25, -0.2) is 4.98 Å². The van der Waals surface area contributed by atoms with Crippen LogP contribution in [0.5, 0.6) is 0 Å². The number of fused-ring (bicyclic) bond motifs is 1. The number of hydrogen-bond acceptors (Lipinski definition) is 5. The highest BCUT2D eigenvalue weighted by molar-refractivity contribution is 7.09. The molecule has 0 amide bonds. The first-order valence-corrected chi connectivity index (χ1v) is 7.84. The lowest BCUT2D eigenvalue weighted by molar-refractivity contribution is 0.134. The number of hydrogen-bond donors (Lipinski definition) is 0. The molecule has 0 radical (unpaired) electrons. The molecule has 2 aromatic heterocycles. The summed E-state index contributed by atoms with van der Waals surface area (Å²) in [4.78, 5) is 6.82. The zero-order valence-corrected chi connectivity index (χ0v) is 12.8. The number of aromatic nitrogens is 3. The van der Waals surface area contributed by atoms with E-state index in [1.54, 1.807) is 18.4 Å². The topological polar surface area (TPSA) is 43.2 Å². The van der Waals surface area contributed by atoms with Gasteiger partial charge in [0.2, 0.25) is 0 Å². The van der Waals surface area contributed by atoms with Gasteiger partial charge in [-0.15, -0.1) is 11.3 Å². The normalized spacial score (nSPS) is 19.2. The summed E-state index contributed by atoms with van der Waals surface area (Å²) in [6.45, 7) is 6.61. The molecule has 108 valence electrons. The molecule has 0 aromatic carbocycles. The molecule has 0 bridgehead atoms. The smallest absolute Gasteiger partial charge is 0.107 e. The molecule has 0 spiro atoms. The molecule has 0 aliphatic carbocycles. The lowest BCUT2D eigenvalue weighted by atomic mass is 9.97. The first-order valence-electron chi connectivity index (χ1n) is 6.96. The van der Waals surface area contributed by atoms with Crippen molar-refractivity contribution in [3.63, 3.8) is 0 Å². The van der Waals surface area contributed by atoms with E-state index in [0.717, 1.165) is 32.8 Å². The average Bonchev–Trinajstić information content (AvgIpc) is 3.08. The summed E-state index contributed by atoms with van der Waals surface area (Å²) in [6.07, 6.45) is 4.04. The Bertz CT molecular complexity index is 552. The Morgan fingerprint density at radius 3 is 3.10 bits per heavy atom. The number of methoxy groups -OCH3 is 1. The van der Waals surface area contributed by atoms with Crippen LogP contribution < -0.4 is 0 Å². The van der Waals surface area contributed by atoms with Crippen molar-refractivity contribution in [2.24, 2.45) is 0 Å². The van der Waals surface area contributed by atoms with Crippen LogP contribution in [0.2, 0.25) is 0 Å². The molecule has 0 unspecified atom stereocenters. The third-order valence-electron chi connectivity index (χ3n) is 3.66. The molecule has 0 saturated heterocycles. The van der Waals surface area contributed by atoms with E-state index < -0.39 is 0 Å². The van der Waals surface area contributed by atoms with Gasteiger partial charge >= 0.3 is 0 Å². The van der Waals surface area contributed by atoms with Gasteiger partial charge in [-0.3, -0.25) is 9.58 Å². The van der Waals surface area contributed by atoms with E-state index in [1.165, 1.54) is 16.3 Å². The van der Waals surface area contributed by atoms with E-state index in [0.29, 0.717) is 5.92 Å². The molecule has 1 atom stereocenters. The maximum Gasteiger partial charge on any atom is 0.107 e. The second-order valence-electron chi connectivity index (χ2n) is 5.14. The highest BCUT2D eigenvalue weighted by Crippen LogP contribution is 2.28. The number of nitrogens with zero attached hydrogens (tertiary/aromatic N) is 4. The van der Waals surface area contributed by atoms with Crippen molar-refractivity contribution < 1.29 is 4.74 Å². The van der Waals surface area contributed by atoms with Gasteiger partial charge in [0.05, 0.1) is 18.8 Å². The third kappa shape index (κ3) is 2.77.